The van der Waals surface area contributed by atoms with Gasteiger partial charge in [0, 0.05) is 42.4 Å². The summed E-state index contributed by atoms with van der Waals surface area (Å²) in [4.78, 5) is 17.1. The van der Waals surface area contributed by atoms with E-state index in [9.17, 15) is 22.0 Å². The molecule has 11 heteroatoms. The van der Waals surface area contributed by atoms with E-state index in [0.717, 1.165) is 62.0 Å². The van der Waals surface area contributed by atoms with Gasteiger partial charge in [0.05, 0.1) is 10.9 Å². The molecular formula is C31H31F2N3O5S. The number of nitrogens with zero attached hydrogens (tertiary/aromatic N) is 2. The summed E-state index contributed by atoms with van der Waals surface area (Å²) < 4.78 is 64.2. The normalized spacial score (nSPS) is 23.1. The molecule has 3 heterocycles. The first-order valence-corrected chi connectivity index (χ1v) is 15.8. The molecule has 3 aromatic rings. The molecule has 220 valence electrons. The Morgan fingerprint density at radius 3 is 2.48 bits per heavy atom. The molecule has 42 heavy (non-hydrogen) atoms. The van der Waals surface area contributed by atoms with Crippen molar-refractivity contribution in [2.45, 2.75) is 54.9 Å². The third-order valence-electron chi connectivity index (χ3n) is 8.90. The molecule has 7 rings (SSSR count). The predicted octanol–water partition coefficient (Wildman–Crippen LogP) is 4.33. The van der Waals surface area contributed by atoms with Crippen LogP contribution in [0.15, 0.2) is 65.6 Å². The Balaban J connectivity index is 1.11. The van der Waals surface area contributed by atoms with Crippen molar-refractivity contribution in [3.8, 4) is 11.5 Å². The molecule has 0 bridgehead atoms. The van der Waals surface area contributed by atoms with E-state index in [1.807, 2.05) is 17.0 Å². The predicted molar refractivity (Wildman–Crippen MR) is 152 cm³/mol. The number of anilines is 1. The van der Waals surface area contributed by atoms with Crippen LogP contribution in [0.1, 0.15) is 45.8 Å². The van der Waals surface area contributed by atoms with E-state index < -0.39 is 22.4 Å². The summed E-state index contributed by atoms with van der Waals surface area (Å²) in [5, 5.41) is 0. The molecule has 3 aliphatic heterocycles. The molecule has 3 aromatic carbocycles. The van der Waals surface area contributed by atoms with Crippen LogP contribution in [0.4, 0.5) is 14.5 Å². The SMILES string of the molecule is O=Cc1c(N2CC(NS(=O)(=O)c3ccc4c(c3)OC(F)(F)O4)C2)ccc2c1[C@@H](Cc1ccccc1)[C@@H](N1CCC1)CC2. The molecule has 0 saturated carbocycles. The first-order valence-electron chi connectivity index (χ1n) is 14.3. The number of alkyl halides is 2. The van der Waals surface area contributed by atoms with Gasteiger partial charge in [-0.15, -0.1) is 8.78 Å². The highest BCUT2D eigenvalue weighted by molar-refractivity contribution is 7.89. The number of fused-ring (bicyclic) bond motifs is 2. The van der Waals surface area contributed by atoms with Crippen molar-refractivity contribution in [2.24, 2.45) is 0 Å². The van der Waals surface area contributed by atoms with Gasteiger partial charge < -0.3 is 14.4 Å². The van der Waals surface area contributed by atoms with Gasteiger partial charge in [0.25, 0.3) is 0 Å². The van der Waals surface area contributed by atoms with Crippen molar-refractivity contribution in [2.75, 3.05) is 31.1 Å². The number of sulfonamides is 1. The minimum Gasteiger partial charge on any atom is -0.395 e. The minimum atomic E-state index is -4.00. The van der Waals surface area contributed by atoms with Gasteiger partial charge in [-0.3, -0.25) is 9.69 Å². The lowest BCUT2D eigenvalue weighted by Crippen LogP contribution is -2.59. The number of ether oxygens (including phenoxy) is 2. The number of hydrogen-bond donors (Lipinski definition) is 1. The average Bonchev–Trinajstić information content (AvgIpc) is 3.23. The van der Waals surface area contributed by atoms with E-state index in [1.165, 1.54) is 23.6 Å². The number of carbonyl (C=O) groups is 1. The van der Waals surface area contributed by atoms with Gasteiger partial charge >= 0.3 is 6.29 Å². The highest BCUT2D eigenvalue weighted by Crippen LogP contribution is 2.44. The molecule has 2 fully saturated rings. The summed E-state index contributed by atoms with van der Waals surface area (Å²) in [7, 11) is -4.00. The van der Waals surface area contributed by atoms with Gasteiger partial charge in [-0.1, -0.05) is 36.4 Å². The van der Waals surface area contributed by atoms with Gasteiger partial charge in [-0.25, -0.2) is 13.1 Å². The highest BCUT2D eigenvalue weighted by atomic mass is 32.2. The molecule has 0 radical (unpaired) electrons. The first kappa shape index (κ1) is 27.3. The van der Waals surface area contributed by atoms with E-state index >= 15 is 0 Å². The molecule has 0 aromatic heterocycles. The van der Waals surface area contributed by atoms with Gasteiger partial charge in [-0.05, 0) is 73.7 Å². The average molecular weight is 596 g/mol. The van der Waals surface area contributed by atoms with Crippen molar-refractivity contribution in [1.29, 1.82) is 0 Å². The standard InChI is InChI=1S/C31H31F2N3O5S/c32-31(33)40-28-12-9-23(16-29(28)41-31)42(38,39)34-22-17-36(18-22)27-11-8-21-7-10-26(35-13-4-14-35)24(30(21)25(27)19-37)15-20-5-2-1-3-6-20/h1-3,5-6,8-9,11-12,16,19,22,24,26,34H,4,7,10,13-15,17-18H2/t24-,26-/m0/s1. The smallest absolute Gasteiger partial charge is 0.395 e. The fraction of sp³-hybridized carbons (Fsp3) is 0.387. The zero-order valence-electron chi connectivity index (χ0n) is 22.8. The van der Waals surface area contributed by atoms with Gasteiger partial charge in [0.1, 0.15) is 0 Å². The lowest BCUT2D eigenvalue weighted by atomic mass is 9.72. The summed E-state index contributed by atoms with van der Waals surface area (Å²) >= 11 is 0. The van der Waals surface area contributed by atoms with Crippen LogP contribution in [-0.4, -0.2) is 64.2 Å². The Kier molecular flexibility index (Phi) is 6.71. The molecule has 0 spiro atoms. The molecule has 8 nitrogen and oxygen atoms in total. The summed E-state index contributed by atoms with van der Waals surface area (Å²) in [6.07, 6.45) is 1.17. The molecule has 4 aliphatic rings. The van der Waals surface area contributed by atoms with E-state index in [-0.39, 0.29) is 22.3 Å². The summed E-state index contributed by atoms with van der Waals surface area (Å²) in [6.45, 7) is 2.92. The van der Waals surface area contributed by atoms with Crippen molar-refractivity contribution in [3.05, 3.63) is 82.9 Å². The Bertz CT molecular complexity index is 1620. The molecule has 2 atom stereocenters. The molecule has 1 aliphatic carbocycles. The number of hydrogen-bond acceptors (Lipinski definition) is 7. The van der Waals surface area contributed by atoms with Crippen LogP contribution in [0.3, 0.4) is 0 Å². The third-order valence-corrected chi connectivity index (χ3v) is 10.4. The number of benzene rings is 3. The van der Waals surface area contributed by atoms with E-state index in [0.29, 0.717) is 24.7 Å². The lowest BCUT2D eigenvalue weighted by molar-refractivity contribution is -0.286. The molecular weight excluding hydrogens is 564 g/mol. The van der Waals surface area contributed by atoms with E-state index in [1.54, 1.807) is 0 Å². The fourth-order valence-corrected chi connectivity index (χ4v) is 8.01. The van der Waals surface area contributed by atoms with Gasteiger partial charge in [0.2, 0.25) is 10.0 Å². The van der Waals surface area contributed by atoms with Crippen LogP contribution in [0.5, 0.6) is 11.5 Å². The van der Waals surface area contributed by atoms with Crippen LogP contribution >= 0.6 is 0 Å². The zero-order chi connectivity index (χ0) is 29.1. The maximum absolute atomic E-state index is 13.4. The second-order valence-electron chi connectivity index (χ2n) is 11.5. The summed E-state index contributed by atoms with van der Waals surface area (Å²) in [5.74, 6) is -0.362. The third kappa shape index (κ3) is 4.93. The second-order valence-corrected chi connectivity index (χ2v) is 13.2. The van der Waals surface area contributed by atoms with Crippen LogP contribution in [0.25, 0.3) is 0 Å². The molecule has 1 N–H and O–H groups in total. The zero-order valence-corrected chi connectivity index (χ0v) is 23.7. The number of carbonyl (C=O) groups excluding carboxylic acids is 1. The summed E-state index contributed by atoms with van der Waals surface area (Å²) in [6, 6.07) is 17.9. The molecule has 2 saturated heterocycles. The van der Waals surface area contributed by atoms with Crippen LogP contribution < -0.4 is 19.1 Å². The van der Waals surface area contributed by atoms with Crippen molar-refractivity contribution < 1.29 is 31.5 Å². The maximum atomic E-state index is 13.4. The monoisotopic (exact) mass is 595 g/mol. The maximum Gasteiger partial charge on any atom is 0.586 e. The number of aryl methyl sites for hydroxylation is 1. The van der Waals surface area contributed by atoms with Gasteiger partial charge in [-0.2, -0.15) is 0 Å². The molecule has 0 unspecified atom stereocenters. The fourth-order valence-electron chi connectivity index (χ4n) is 6.77. The quantitative estimate of drug-likeness (QED) is 0.388. The van der Waals surface area contributed by atoms with Crippen LogP contribution in [0, 0.1) is 0 Å². The number of aldehydes is 1. The Hall–Kier alpha value is -3.54. The van der Waals surface area contributed by atoms with Gasteiger partial charge in [0.15, 0.2) is 17.8 Å². The van der Waals surface area contributed by atoms with E-state index in [4.69, 9.17) is 0 Å². The minimum absolute atomic E-state index is 0.186. The van der Waals surface area contributed by atoms with Crippen molar-refractivity contribution in [3.63, 3.8) is 0 Å². The Morgan fingerprint density at radius 2 is 1.76 bits per heavy atom. The number of halogens is 2. The lowest BCUT2D eigenvalue weighted by Gasteiger charge is -2.47. The van der Waals surface area contributed by atoms with E-state index in [2.05, 4.69) is 49.4 Å². The van der Waals surface area contributed by atoms with Crippen molar-refractivity contribution >= 4 is 22.0 Å². The number of rotatable bonds is 8. The highest BCUT2D eigenvalue weighted by Gasteiger charge is 2.44. The Labute approximate surface area is 243 Å². The Morgan fingerprint density at radius 1 is 1.00 bits per heavy atom. The second kappa shape index (κ2) is 10.3. The van der Waals surface area contributed by atoms with Crippen LogP contribution in [0.2, 0.25) is 0 Å². The number of likely N-dealkylation sites (tertiary alicyclic amines) is 1. The molecule has 0 amide bonds. The first-order chi connectivity index (χ1) is 20.2. The topological polar surface area (TPSA) is 88.2 Å². The summed E-state index contributed by atoms with van der Waals surface area (Å²) in [5.41, 5.74) is 5.08. The largest absolute Gasteiger partial charge is 0.586 e. The number of nitrogens with one attached hydrogen (secondary N) is 1. The van der Waals surface area contributed by atoms with Crippen molar-refractivity contribution in [1.82, 2.24) is 9.62 Å². The van der Waals surface area contributed by atoms with Crippen LogP contribution in [-0.2, 0) is 22.9 Å².